The largest absolute Gasteiger partial charge is 0.424 e. The molecular weight excluding hydrogens is 204 g/mol. The van der Waals surface area contributed by atoms with E-state index in [1.165, 1.54) is 12.8 Å². The Morgan fingerprint density at radius 1 is 1.44 bits per heavy atom. The Balaban J connectivity index is 1.87. The van der Waals surface area contributed by atoms with E-state index < -0.39 is 0 Å². The third-order valence-corrected chi connectivity index (χ3v) is 3.09. The fourth-order valence-corrected chi connectivity index (χ4v) is 2.05. The predicted octanol–water partition coefficient (Wildman–Crippen LogP) is 0.816. The molecule has 0 aliphatic carbocycles. The molecule has 16 heavy (non-hydrogen) atoms. The lowest BCUT2D eigenvalue weighted by molar-refractivity contribution is 0.179. The molecule has 0 bridgehead atoms. The SMILES string of the molecule is CCc1nnc(CN(C)C2CCCNC2)o1. The Morgan fingerprint density at radius 3 is 2.88 bits per heavy atom. The zero-order valence-electron chi connectivity index (χ0n) is 10.1. The number of hydrogen-bond donors (Lipinski definition) is 1. The second-order valence-corrected chi connectivity index (χ2v) is 4.36. The lowest BCUT2D eigenvalue weighted by Crippen LogP contribution is -2.43. The van der Waals surface area contributed by atoms with Gasteiger partial charge in [-0.2, -0.15) is 0 Å². The fourth-order valence-electron chi connectivity index (χ4n) is 2.05. The molecule has 1 aromatic heterocycles. The van der Waals surface area contributed by atoms with Gasteiger partial charge in [0.2, 0.25) is 11.8 Å². The predicted molar refractivity (Wildman–Crippen MR) is 61.0 cm³/mol. The van der Waals surface area contributed by atoms with Crippen LogP contribution in [0.25, 0.3) is 0 Å². The Bertz CT molecular complexity index is 320. The van der Waals surface area contributed by atoms with Gasteiger partial charge in [-0.25, -0.2) is 0 Å². The number of likely N-dealkylation sites (N-methyl/N-ethyl adjacent to an activating group) is 1. The van der Waals surface area contributed by atoms with Crippen molar-refractivity contribution in [1.29, 1.82) is 0 Å². The highest BCUT2D eigenvalue weighted by Crippen LogP contribution is 2.11. The van der Waals surface area contributed by atoms with E-state index in [0.717, 1.165) is 37.8 Å². The molecule has 0 amide bonds. The number of nitrogens with zero attached hydrogens (tertiary/aromatic N) is 3. The monoisotopic (exact) mass is 224 g/mol. The molecule has 2 heterocycles. The first-order valence-electron chi connectivity index (χ1n) is 6.01. The molecule has 5 heteroatoms. The molecule has 1 atom stereocenters. The van der Waals surface area contributed by atoms with E-state index in [2.05, 4.69) is 27.5 Å². The van der Waals surface area contributed by atoms with Gasteiger partial charge >= 0.3 is 0 Å². The van der Waals surface area contributed by atoms with E-state index in [-0.39, 0.29) is 0 Å². The molecule has 1 saturated heterocycles. The lowest BCUT2D eigenvalue weighted by Gasteiger charge is -2.30. The van der Waals surface area contributed by atoms with Crippen molar-refractivity contribution in [3.63, 3.8) is 0 Å². The third kappa shape index (κ3) is 2.80. The van der Waals surface area contributed by atoms with Crippen LogP contribution in [0.2, 0.25) is 0 Å². The maximum Gasteiger partial charge on any atom is 0.230 e. The molecular formula is C11H20N4O. The van der Waals surface area contributed by atoms with E-state index >= 15 is 0 Å². The van der Waals surface area contributed by atoms with Crippen molar-refractivity contribution < 1.29 is 4.42 Å². The van der Waals surface area contributed by atoms with Gasteiger partial charge in [0.05, 0.1) is 6.54 Å². The molecule has 2 rings (SSSR count). The Labute approximate surface area is 96.2 Å². The van der Waals surface area contributed by atoms with Crippen LogP contribution < -0.4 is 5.32 Å². The first kappa shape index (κ1) is 11.5. The zero-order chi connectivity index (χ0) is 11.4. The van der Waals surface area contributed by atoms with E-state index in [1.54, 1.807) is 0 Å². The second kappa shape index (κ2) is 5.41. The van der Waals surface area contributed by atoms with Crippen LogP contribution in [0.3, 0.4) is 0 Å². The van der Waals surface area contributed by atoms with Crippen LogP contribution in [0.5, 0.6) is 0 Å². The van der Waals surface area contributed by atoms with E-state index in [4.69, 9.17) is 4.42 Å². The summed E-state index contributed by atoms with van der Waals surface area (Å²) in [7, 11) is 2.12. The topological polar surface area (TPSA) is 54.2 Å². The number of piperidine rings is 1. The zero-order valence-corrected chi connectivity index (χ0v) is 10.1. The number of aryl methyl sites for hydroxylation is 1. The summed E-state index contributed by atoms with van der Waals surface area (Å²) in [6.07, 6.45) is 3.30. The molecule has 1 N–H and O–H groups in total. The average Bonchev–Trinajstić information content (AvgIpc) is 2.78. The van der Waals surface area contributed by atoms with Crippen LogP contribution in [0.4, 0.5) is 0 Å². The van der Waals surface area contributed by atoms with Crippen LogP contribution in [0, 0.1) is 0 Å². The summed E-state index contributed by atoms with van der Waals surface area (Å²) >= 11 is 0. The molecule has 0 radical (unpaired) electrons. The Hall–Kier alpha value is -0.940. The van der Waals surface area contributed by atoms with Crippen molar-refractivity contribution in [3.8, 4) is 0 Å². The van der Waals surface area contributed by atoms with Gasteiger partial charge < -0.3 is 9.73 Å². The highest BCUT2D eigenvalue weighted by atomic mass is 16.4. The van der Waals surface area contributed by atoms with E-state index in [0.29, 0.717) is 6.04 Å². The number of aromatic nitrogens is 2. The highest BCUT2D eigenvalue weighted by molar-refractivity contribution is 4.84. The van der Waals surface area contributed by atoms with Gasteiger partial charge in [0.15, 0.2) is 0 Å². The van der Waals surface area contributed by atoms with Gasteiger partial charge in [0.1, 0.15) is 0 Å². The Morgan fingerprint density at radius 2 is 2.25 bits per heavy atom. The van der Waals surface area contributed by atoms with Gasteiger partial charge in [0.25, 0.3) is 0 Å². The van der Waals surface area contributed by atoms with Gasteiger partial charge in [-0.05, 0) is 26.4 Å². The first-order chi connectivity index (χ1) is 7.79. The summed E-state index contributed by atoms with van der Waals surface area (Å²) in [5.41, 5.74) is 0. The minimum absolute atomic E-state index is 0.589. The molecule has 1 unspecified atom stereocenters. The summed E-state index contributed by atoms with van der Waals surface area (Å²) in [5, 5.41) is 11.4. The van der Waals surface area contributed by atoms with Crippen LogP contribution >= 0.6 is 0 Å². The molecule has 0 saturated carbocycles. The maximum absolute atomic E-state index is 5.51. The van der Waals surface area contributed by atoms with E-state index in [1.807, 2.05) is 6.92 Å². The van der Waals surface area contributed by atoms with Gasteiger partial charge in [-0.15, -0.1) is 10.2 Å². The van der Waals surface area contributed by atoms with Crippen LogP contribution in [0.1, 0.15) is 31.5 Å². The molecule has 5 nitrogen and oxygen atoms in total. The van der Waals surface area contributed by atoms with Gasteiger partial charge in [0, 0.05) is 19.0 Å². The number of rotatable bonds is 4. The minimum atomic E-state index is 0.589. The quantitative estimate of drug-likeness (QED) is 0.820. The van der Waals surface area contributed by atoms with Gasteiger partial charge in [-0.1, -0.05) is 6.92 Å². The highest BCUT2D eigenvalue weighted by Gasteiger charge is 2.19. The summed E-state index contributed by atoms with van der Waals surface area (Å²) < 4.78 is 5.51. The number of hydrogen-bond acceptors (Lipinski definition) is 5. The molecule has 1 aliphatic heterocycles. The number of nitrogens with one attached hydrogen (secondary N) is 1. The lowest BCUT2D eigenvalue weighted by atomic mass is 10.1. The van der Waals surface area contributed by atoms with Crippen molar-refractivity contribution >= 4 is 0 Å². The van der Waals surface area contributed by atoms with Crippen LogP contribution in [0.15, 0.2) is 4.42 Å². The molecule has 0 spiro atoms. The smallest absolute Gasteiger partial charge is 0.230 e. The van der Waals surface area contributed by atoms with E-state index in [9.17, 15) is 0 Å². The van der Waals surface area contributed by atoms with Crippen molar-refractivity contribution in [3.05, 3.63) is 11.8 Å². The standard InChI is InChI=1S/C11H20N4O/c1-3-10-13-14-11(16-10)8-15(2)9-5-4-6-12-7-9/h9,12H,3-8H2,1-2H3. The first-order valence-corrected chi connectivity index (χ1v) is 6.01. The third-order valence-electron chi connectivity index (χ3n) is 3.09. The van der Waals surface area contributed by atoms with Crippen molar-refractivity contribution in [2.24, 2.45) is 0 Å². The molecule has 0 aromatic carbocycles. The average molecular weight is 224 g/mol. The molecule has 1 fully saturated rings. The molecule has 1 aromatic rings. The molecule has 90 valence electrons. The summed E-state index contributed by atoms with van der Waals surface area (Å²) in [5.74, 6) is 1.45. The normalized spacial score (nSPS) is 21.6. The van der Waals surface area contributed by atoms with Gasteiger partial charge in [-0.3, -0.25) is 4.90 Å². The molecule has 1 aliphatic rings. The van der Waals surface area contributed by atoms with Crippen molar-refractivity contribution in [2.45, 2.75) is 38.8 Å². The van der Waals surface area contributed by atoms with Crippen molar-refractivity contribution in [2.75, 3.05) is 20.1 Å². The summed E-state index contributed by atoms with van der Waals surface area (Å²) in [4.78, 5) is 2.29. The van der Waals surface area contributed by atoms with Crippen LogP contribution in [-0.4, -0.2) is 41.3 Å². The second-order valence-electron chi connectivity index (χ2n) is 4.36. The fraction of sp³-hybridized carbons (Fsp3) is 0.818. The minimum Gasteiger partial charge on any atom is -0.424 e. The summed E-state index contributed by atoms with van der Waals surface area (Å²) in [6, 6.07) is 0.589. The summed E-state index contributed by atoms with van der Waals surface area (Å²) in [6.45, 7) is 4.97. The maximum atomic E-state index is 5.51. The Kier molecular flexibility index (Phi) is 3.90. The van der Waals surface area contributed by atoms with Crippen molar-refractivity contribution in [1.82, 2.24) is 20.4 Å². The van der Waals surface area contributed by atoms with Crippen LogP contribution in [-0.2, 0) is 13.0 Å².